The highest BCUT2D eigenvalue weighted by atomic mass is 79.9. The molecular weight excluding hydrogens is 318 g/mol. The molecule has 0 amide bonds. The van der Waals surface area contributed by atoms with E-state index in [1.165, 1.54) is 5.56 Å². The predicted molar refractivity (Wildman–Crippen MR) is 79.9 cm³/mol. The molecule has 4 nitrogen and oxygen atoms in total. The lowest BCUT2D eigenvalue weighted by atomic mass is 10.0. The molecule has 0 aliphatic carbocycles. The van der Waals surface area contributed by atoms with E-state index >= 15 is 0 Å². The number of rotatable bonds is 1. The summed E-state index contributed by atoms with van der Waals surface area (Å²) in [5.74, 6) is 1.01. The Bertz CT molecular complexity index is 797. The fraction of sp³-hybridized carbons (Fsp3) is 0.200. The van der Waals surface area contributed by atoms with Crippen LogP contribution in [0.2, 0.25) is 0 Å². The van der Waals surface area contributed by atoms with Gasteiger partial charge in [0.2, 0.25) is 0 Å². The van der Waals surface area contributed by atoms with Crippen LogP contribution in [0.15, 0.2) is 41.1 Å². The van der Waals surface area contributed by atoms with Gasteiger partial charge in [0.25, 0.3) is 0 Å². The normalized spacial score (nSPS) is 14.1. The molecule has 0 saturated carbocycles. The maximum atomic E-state index is 5.65. The Kier molecular flexibility index (Phi) is 2.73. The smallest absolute Gasteiger partial charge is 0.154 e. The van der Waals surface area contributed by atoms with Crippen molar-refractivity contribution in [2.45, 2.75) is 12.8 Å². The second kappa shape index (κ2) is 4.59. The standard InChI is InChI=1S/C15H12BrN3O/c16-14-9-19-15(17-14)6-4-12(18-19)10-3-5-13-11(8-10)2-1-7-20-13/h3-6,8-9H,1-2,7H2. The number of nitrogens with zero attached hydrogens (tertiary/aromatic N) is 3. The zero-order valence-corrected chi connectivity index (χ0v) is 12.3. The molecule has 4 rings (SSSR count). The summed E-state index contributed by atoms with van der Waals surface area (Å²) < 4.78 is 8.23. The van der Waals surface area contributed by atoms with Crippen LogP contribution in [0.1, 0.15) is 12.0 Å². The van der Waals surface area contributed by atoms with Gasteiger partial charge >= 0.3 is 0 Å². The molecule has 0 unspecified atom stereocenters. The summed E-state index contributed by atoms with van der Waals surface area (Å²) >= 11 is 3.37. The van der Waals surface area contributed by atoms with Gasteiger partial charge in [0, 0.05) is 5.56 Å². The van der Waals surface area contributed by atoms with Gasteiger partial charge in [0.15, 0.2) is 5.65 Å². The van der Waals surface area contributed by atoms with Crippen LogP contribution in [0.5, 0.6) is 5.75 Å². The number of hydrogen-bond acceptors (Lipinski definition) is 3. The molecule has 0 saturated heterocycles. The highest BCUT2D eigenvalue weighted by molar-refractivity contribution is 9.10. The van der Waals surface area contributed by atoms with Gasteiger partial charge in [0.05, 0.1) is 18.5 Å². The van der Waals surface area contributed by atoms with Gasteiger partial charge in [-0.25, -0.2) is 9.50 Å². The first kappa shape index (κ1) is 11.9. The zero-order chi connectivity index (χ0) is 13.5. The van der Waals surface area contributed by atoms with Crippen molar-refractivity contribution in [2.75, 3.05) is 6.61 Å². The van der Waals surface area contributed by atoms with Crippen LogP contribution >= 0.6 is 15.9 Å². The van der Waals surface area contributed by atoms with Gasteiger partial charge in [-0.3, -0.25) is 0 Å². The first-order valence-corrected chi connectivity index (χ1v) is 7.37. The third kappa shape index (κ3) is 1.98. The van der Waals surface area contributed by atoms with E-state index in [1.807, 2.05) is 24.4 Å². The first-order chi connectivity index (χ1) is 9.79. The first-order valence-electron chi connectivity index (χ1n) is 6.58. The number of aromatic nitrogens is 3. The summed E-state index contributed by atoms with van der Waals surface area (Å²) in [6.07, 6.45) is 4.01. The fourth-order valence-corrected chi connectivity index (χ4v) is 2.90. The second-order valence-electron chi connectivity index (χ2n) is 4.86. The molecule has 3 heterocycles. The number of imidazole rings is 1. The van der Waals surface area contributed by atoms with Crippen LogP contribution in [-0.2, 0) is 6.42 Å². The summed E-state index contributed by atoms with van der Waals surface area (Å²) in [5, 5.41) is 4.60. The molecule has 5 heteroatoms. The fourth-order valence-electron chi connectivity index (χ4n) is 2.53. The van der Waals surface area contributed by atoms with E-state index in [2.05, 4.69) is 38.1 Å². The van der Waals surface area contributed by atoms with Crippen molar-refractivity contribution in [2.24, 2.45) is 0 Å². The highest BCUT2D eigenvalue weighted by Gasteiger charge is 2.12. The minimum atomic E-state index is 0.793. The van der Waals surface area contributed by atoms with E-state index in [0.717, 1.165) is 46.7 Å². The summed E-state index contributed by atoms with van der Waals surface area (Å²) in [7, 11) is 0. The minimum Gasteiger partial charge on any atom is -0.493 e. The molecular formula is C15H12BrN3O. The lowest BCUT2D eigenvalue weighted by Gasteiger charge is -2.17. The van der Waals surface area contributed by atoms with E-state index < -0.39 is 0 Å². The second-order valence-corrected chi connectivity index (χ2v) is 5.67. The molecule has 2 aromatic heterocycles. The van der Waals surface area contributed by atoms with Crippen molar-refractivity contribution in [3.63, 3.8) is 0 Å². The molecule has 0 fully saturated rings. The van der Waals surface area contributed by atoms with Crippen molar-refractivity contribution in [1.82, 2.24) is 14.6 Å². The van der Waals surface area contributed by atoms with Crippen LogP contribution < -0.4 is 4.74 Å². The summed E-state index contributed by atoms with van der Waals surface area (Å²) in [4.78, 5) is 4.32. The molecule has 20 heavy (non-hydrogen) atoms. The van der Waals surface area contributed by atoms with Gasteiger partial charge in [-0.15, -0.1) is 0 Å². The van der Waals surface area contributed by atoms with Crippen LogP contribution in [0, 0.1) is 0 Å². The molecule has 1 aliphatic rings. The summed E-state index contributed by atoms with van der Waals surface area (Å²) in [5.41, 5.74) is 4.15. The lowest BCUT2D eigenvalue weighted by molar-refractivity contribution is 0.288. The lowest BCUT2D eigenvalue weighted by Crippen LogP contribution is -2.08. The molecule has 0 radical (unpaired) electrons. The Labute approximate surface area is 124 Å². The summed E-state index contributed by atoms with van der Waals surface area (Å²) in [6, 6.07) is 10.3. The quantitative estimate of drug-likeness (QED) is 0.686. The van der Waals surface area contributed by atoms with Gasteiger partial charge in [-0.05, 0) is 64.7 Å². The maximum absolute atomic E-state index is 5.65. The number of aryl methyl sites for hydroxylation is 1. The van der Waals surface area contributed by atoms with Crippen LogP contribution in [0.3, 0.4) is 0 Å². The van der Waals surface area contributed by atoms with Crippen LogP contribution in [0.4, 0.5) is 0 Å². The Morgan fingerprint density at radius 3 is 3.10 bits per heavy atom. The summed E-state index contributed by atoms with van der Waals surface area (Å²) in [6.45, 7) is 0.819. The van der Waals surface area contributed by atoms with E-state index in [0.29, 0.717) is 0 Å². The van der Waals surface area contributed by atoms with Crippen molar-refractivity contribution >= 4 is 21.6 Å². The van der Waals surface area contributed by atoms with Gasteiger partial charge in [-0.2, -0.15) is 5.10 Å². The third-order valence-electron chi connectivity index (χ3n) is 3.49. The Hall–Kier alpha value is -1.88. The SMILES string of the molecule is Brc1cn2nc(-c3ccc4c(c3)CCCO4)ccc2n1. The minimum absolute atomic E-state index is 0.793. The van der Waals surface area contributed by atoms with E-state index in [1.54, 1.807) is 4.52 Å². The zero-order valence-electron chi connectivity index (χ0n) is 10.7. The topological polar surface area (TPSA) is 39.4 Å². The molecule has 1 aromatic carbocycles. The van der Waals surface area contributed by atoms with Crippen molar-refractivity contribution in [3.05, 3.63) is 46.7 Å². The van der Waals surface area contributed by atoms with Gasteiger partial charge in [-0.1, -0.05) is 0 Å². The van der Waals surface area contributed by atoms with Crippen molar-refractivity contribution in [3.8, 4) is 17.0 Å². The number of benzene rings is 1. The van der Waals surface area contributed by atoms with Crippen molar-refractivity contribution < 1.29 is 4.74 Å². The van der Waals surface area contributed by atoms with E-state index in [4.69, 9.17) is 4.74 Å². The molecule has 0 N–H and O–H groups in total. The monoisotopic (exact) mass is 329 g/mol. The highest BCUT2D eigenvalue weighted by Crippen LogP contribution is 2.29. The number of ether oxygens (including phenoxy) is 1. The van der Waals surface area contributed by atoms with Gasteiger partial charge in [0.1, 0.15) is 10.4 Å². The third-order valence-corrected chi connectivity index (χ3v) is 3.88. The molecule has 0 atom stereocenters. The Balaban J connectivity index is 1.81. The number of hydrogen-bond donors (Lipinski definition) is 0. The van der Waals surface area contributed by atoms with Crippen LogP contribution in [-0.4, -0.2) is 21.2 Å². The number of fused-ring (bicyclic) bond motifs is 2. The predicted octanol–water partition coefficient (Wildman–Crippen LogP) is 3.48. The van der Waals surface area contributed by atoms with Crippen molar-refractivity contribution in [1.29, 1.82) is 0 Å². The molecule has 3 aromatic rings. The van der Waals surface area contributed by atoms with Gasteiger partial charge < -0.3 is 4.74 Å². The molecule has 0 bridgehead atoms. The Morgan fingerprint density at radius 1 is 1.20 bits per heavy atom. The Morgan fingerprint density at radius 2 is 2.15 bits per heavy atom. The molecule has 100 valence electrons. The average Bonchev–Trinajstić information content (AvgIpc) is 2.85. The number of halogens is 1. The van der Waals surface area contributed by atoms with E-state index in [-0.39, 0.29) is 0 Å². The largest absolute Gasteiger partial charge is 0.493 e. The van der Waals surface area contributed by atoms with Crippen LogP contribution in [0.25, 0.3) is 16.9 Å². The average molecular weight is 330 g/mol. The van der Waals surface area contributed by atoms with E-state index in [9.17, 15) is 0 Å². The molecule has 0 spiro atoms. The maximum Gasteiger partial charge on any atom is 0.154 e. The molecule has 1 aliphatic heterocycles.